The highest BCUT2D eigenvalue weighted by molar-refractivity contribution is 6.27. The van der Waals surface area contributed by atoms with Crippen molar-refractivity contribution in [2.24, 2.45) is 0 Å². The van der Waals surface area contributed by atoms with Crippen molar-refractivity contribution in [2.45, 2.75) is 109 Å². The summed E-state index contributed by atoms with van der Waals surface area (Å²) in [5.41, 5.74) is 13.5. The zero-order valence-electron chi connectivity index (χ0n) is 42.5. The van der Waals surface area contributed by atoms with Gasteiger partial charge in [-0.05, 0) is 182 Å². The monoisotopic (exact) mass is 934 g/mol. The van der Waals surface area contributed by atoms with Gasteiger partial charge in [-0.15, -0.1) is 0 Å². The van der Waals surface area contributed by atoms with Crippen molar-refractivity contribution in [3.63, 3.8) is 0 Å². The Morgan fingerprint density at radius 3 is 1.18 bits per heavy atom. The summed E-state index contributed by atoms with van der Waals surface area (Å²) in [4.78, 5) is 0. The van der Waals surface area contributed by atoms with Crippen LogP contribution in [0.2, 0.25) is 0 Å². The van der Waals surface area contributed by atoms with Gasteiger partial charge in [0.05, 0.1) is 26.4 Å². The van der Waals surface area contributed by atoms with Crippen LogP contribution in [0.25, 0.3) is 98.0 Å². The van der Waals surface area contributed by atoms with Gasteiger partial charge in [-0.1, -0.05) is 163 Å². The lowest BCUT2D eigenvalue weighted by atomic mass is 9.70. The first-order valence-corrected chi connectivity index (χ1v) is 26.5. The topological polar surface area (TPSA) is 43.5 Å². The summed E-state index contributed by atoms with van der Waals surface area (Å²) in [6, 6.07) is 52.9. The van der Waals surface area contributed by atoms with Gasteiger partial charge in [0.25, 0.3) is 0 Å². The van der Waals surface area contributed by atoms with Crippen molar-refractivity contribution in [1.82, 2.24) is 0 Å². The van der Waals surface area contributed by atoms with Crippen LogP contribution in [-0.2, 0) is 35.2 Å². The highest BCUT2D eigenvalue weighted by Gasteiger charge is 2.43. The molecule has 2 saturated heterocycles. The van der Waals surface area contributed by atoms with E-state index >= 15 is 0 Å². The molecule has 2 atom stereocenters. The van der Waals surface area contributed by atoms with Gasteiger partial charge in [-0.3, -0.25) is 0 Å². The van der Waals surface area contributed by atoms with Crippen molar-refractivity contribution < 1.29 is 18.9 Å². The zero-order chi connectivity index (χ0) is 48.2. The highest BCUT2D eigenvalue weighted by Crippen LogP contribution is 2.56. The molecule has 2 unspecified atom stereocenters. The highest BCUT2D eigenvalue weighted by atomic mass is 16.6. The second-order valence-corrected chi connectivity index (χ2v) is 23.5. The fraction of sp³-hybridized carbons (Fsp3) is 0.343. The third kappa shape index (κ3) is 7.98. The van der Waals surface area contributed by atoms with Crippen LogP contribution in [0.1, 0.15) is 102 Å². The Hall–Kier alpha value is -5.88. The summed E-state index contributed by atoms with van der Waals surface area (Å²) < 4.78 is 23.3. The molecule has 2 aliphatic heterocycles. The van der Waals surface area contributed by atoms with Crippen molar-refractivity contribution in [3.05, 3.63) is 156 Å². The lowest BCUT2D eigenvalue weighted by Gasteiger charge is -2.33. The molecule has 3 aliphatic rings. The Bertz CT molecular complexity index is 3370. The predicted molar refractivity (Wildman–Crippen MR) is 297 cm³/mol. The summed E-state index contributed by atoms with van der Waals surface area (Å²) in [5, 5.41) is 16.0. The number of hydrogen-bond acceptors (Lipinski definition) is 4. The van der Waals surface area contributed by atoms with Crippen LogP contribution in [0.4, 0.5) is 0 Å². The molecule has 0 aromatic heterocycles. The molecule has 0 radical (unpaired) electrons. The maximum Gasteiger partial charge on any atom is 0.104 e. The molecule has 0 amide bonds. The Labute approximate surface area is 418 Å². The minimum absolute atomic E-state index is 0.0702. The van der Waals surface area contributed by atoms with Gasteiger partial charge in [-0.2, -0.15) is 0 Å². The normalized spacial score (nSPS) is 17.4. The summed E-state index contributed by atoms with van der Waals surface area (Å²) in [6.45, 7) is 18.5. The summed E-state index contributed by atoms with van der Waals surface area (Å²) in [5.74, 6) is 0. The number of benzene rings is 10. The fourth-order valence-electron chi connectivity index (χ4n) is 12.5. The Morgan fingerprint density at radius 1 is 0.423 bits per heavy atom. The Balaban J connectivity index is 0.948. The standard InChI is InChI=1S/C67H66O4/c1-65(2,3)49-31-45-13-11-41-15-21-53(57-25-19-47(33-49)61(45)63(41)57)43-17-23-55-56-24-18-44(54-22-16-42-12-14-46-32-50(66(4,5)6)34-48-20-26-58(54)64(42)62(46)48)36-60(56)67(59(55)35-43,27-7-9-29-68-37-51-39-70-51)28-8-10-30-69-38-52-40-71-52/h11-26,31-36,51-52H,7-10,27-30,37-40H2,1-6H3. The lowest BCUT2D eigenvalue weighted by Crippen LogP contribution is -2.26. The number of rotatable bonds is 16. The van der Waals surface area contributed by atoms with Gasteiger partial charge in [-0.25, -0.2) is 0 Å². The van der Waals surface area contributed by atoms with E-state index in [0.717, 1.165) is 65.0 Å². The summed E-state index contributed by atoms with van der Waals surface area (Å²) in [7, 11) is 0. The van der Waals surface area contributed by atoms with Crippen molar-refractivity contribution in [3.8, 4) is 33.4 Å². The molecular weight excluding hydrogens is 869 g/mol. The van der Waals surface area contributed by atoms with E-state index in [1.54, 1.807) is 0 Å². The van der Waals surface area contributed by atoms with Crippen LogP contribution in [-0.4, -0.2) is 51.8 Å². The predicted octanol–water partition coefficient (Wildman–Crippen LogP) is 16.8. The molecule has 0 saturated carbocycles. The Morgan fingerprint density at radius 2 is 0.789 bits per heavy atom. The third-order valence-corrected chi connectivity index (χ3v) is 16.6. The molecule has 358 valence electrons. The molecule has 4 heteroatoms. The molecule has 13 rings (SSSR count). The van der Waals surface area contributed by atoms with Crippen molar-refractivity contribution >= 4 is 64.6 Å². The maximum absolute atomic E-state index is 6.17. The summed E-state index contributed by atoms with van der Waals surface area (Å²) >= 11 is 0. The number of fused-ring (bicyclic) bond motifs is 3. The first-order valence-electron chi connectivity index (χ1n) is 26.5. The fourth-order valence-corrected chi connectivity index (χ4v) is 12.5. The smallest absolute Gasteiger partial charge is 0.104 e. The number of ether oxygens (including phenoxy) is 4. The van der Waals surface area contributed by atoms with Gasteiger partial charge in [0.15, 0.2) is 0 Å². The molecule has 4 nitrogen and oxygen atoms in total. The van der Waals surface area contributed by atoms with Crippen molar-refractivity contribution in [2.75, 3.05) is 39.6 Å². The van der Waals surface area contributed by atoms with Gasteiger partial charge in [0.2, 0.25) is 0 Å². The second kappa shape index (κ2) is 17.1. The molecule has 0 N–H and O–H groups in total. The molecule has 1 aliphatic carbocycles. The van der Waals surface area contributed by atoms with E-state index in [2.05, 4.69) is 175 Å². The molecule has 0 bridgehead atoms. The lowest BCUT2D eigenvalue weighted by molar-refractivity contribution is 0.110. The van der Waals surface area contributed by atoms with E-state index in [0.29, 0.717) is 13.2 Å². The van der Waals surface area contributed by atoms with E-state index in [4.69, 9.17) is 18.9 Å². The average molecular weight is 935 g/mol. The van der Waals surface area contributed by atoms with Crippen LogP contribution < -0.4 is 0 Å². The molecule has 71 heavy (non-hydrogen) atoms. The second-order valence-electron chi connectivity index (χ2n) is 23.5. The number of hydrogen-bond donors (Lipinski definition) is 0. The molecule has 0 spiro atoms. The SMILES string of the molecule is CC(C)(C)c1cc2ccc3ccc(-c4ccc5c(c4)C(CCCCOCC4CO4)(CCCCOCC4CO4)c4cc(-c6ccc7ccc8cc(C(C)(C)C)cc9ccc6c7c89)ccc4-5)c4ccc(c1)c2c34. The van der Waals surface area contributed by atoms with Gasteiger partial charge >= 0.3 is 0 Å². The quantitative estimate of drug-likeness (QED) is 0.0550. The number of unbranched alkanes of at least 4 members (excludes halogenated alkanes) is 2. The van der Waals surface area contributed by atoms with Crippen molar-refractivity contribution in [1.29, 1.82) is 0 Å². The van der Waals surface area contributed by atoms with Crippen LogP contribution in [0.5, 0.6) is 0 Å². The van der Waals surface area contributed by atoms with E-state index in [1.165, 1.54) is 120 Å². The number of epoxide rings is 2. The molecule has 2 heterocycles. The van der Waals surface area contributed by atoms with E-state index in [-0.39, 0.29) is 28.5 Å². The minimum atomic E-state index is -0.198. The van der Waals surface area contributed by atoms with E-state index < -0.39 is 0 Å². The first kappa shape index (κ1) is 45.0. The zero-order valence-corrected chi connectivity index (χ0v) is 42.5. The molecule has 2 fully saturated rings. The van der Waals surface area contributed by atoms with Crippen LogP contribution in [0, 0.1) is 0 Å². The molecule has 10 aromatic carbocycles. The van der Waals surface area contributed by atoms with Crippen LogP contribution >= 0.6 is 0 Å². The van der Waals surface area contributed by atoms with Gasteiger partial charge < -0.3 is 18.9 Å². The minimum Gasteiger partial charge on any atom is -0.379 e. The average Bonchev–Trinajstić information content (AvgIpc) is 4.33. The van der Waals surface area contributed by atoms with Gasteiger partial charge in [0, 0.05) is 18.6 Å². The van der Waals surface area contributed by atoms with E-state index in [9.17, 15) is 0 Å². The first-order chi connectivity index (χ1) is 34.4. The molecular formula is C67H66O4. The largest absolute Gasteiger partial charge is 0.379 e. The molecule has 10 aromatic rings. The van der Waals surface area contributed by atoms with Gasteiger partial charge in [0.1, 0.15) is 12.2 Å². The van der Waals surface area contributed by atoms with Crippen LogP contribution in [0.3, 0.4) is 0 Å². The summed E-state index contributed by atoms with van der Waals surface area (Å²) in [6.07, 6.45) is 6.82. The third-order valence-electron chi connectivity index (χ3n) is 16.6. The van der Waals surface area contributed by atoms with E-state index in [1.807, 2.05) is 0 Å². The maximum atomic E-state index is 6.17. The Kier molecular flexibility index (Phi) is 10.9. The van der Waals surface area contributed by atoms with Crippen LogP contribution in [0.15, 0.2) is 133 Å².